The molecule has 0 amide bonds. The summed E-state index contributed by atoms with van der Waals surface area (Å²) in [5, 5.41) is 0. The molecule has 0 radical (unpaired) electrons. The van der Waals surface area contributed by atoms with Crippen molar-refractivity contribution in [3.05, 3.63) is 70.3 Å². The van der Waals surface area contributed by atoms with Crippen molar-refractivity contribution in [2.45, 2.75) is 218 Å². The Labute approximate surface area is 353 Å². The number of ether oxygens (including phenoxy) is 2. The van der Waals surface area contributed by atoms with E-state index in [0.29, 0.717) is 12.2 Å². The lowest BCUT2D eigenvalue weighted by Crippen LogP contribution is -2.21. The minimum atomic E-state index is 0. The highest BCUT2D eigenvalue weighted by Gasteiger charge is 2.15. The van der Waals surface area contributed by atoms with E-state index < -0.39 is 0 Å². The van der Waals surface area contributed by atoms with E-state index >= 15 is 0 Å². The number of hydrogen-bond donors (Lipinski definition) is 0. The van der Waals surface area contributed by atoms with Crippen LogP contribution >= 0.6 is 0 Å². The Morgan fingerprint density at radius 2 is 0.625 bits per heavy atom. The van der Waals surface area contributed by atoms with Crippen molar-refractivity contribution >= 4 is 0 Å². The molecule has 2 heteroatoms. The molecule has 56 heavy (non-hydrogen) atoms. The Hall–Kier alpha value is -1.64. The van der Waals surface area contributed by atoms with Gasteiger partial charge in [0.05, 0.1) is 12.2 Å². The van der Waals surface area contributed by atoms with Crippen LogP contribution in [-0.2, 0) is 9.47 Å². The summed E-state index contributed by atoms with van der Waals surface area (Å²) in [5.41, 5.74) is 7.42. The Morgan fingerprint density at radius 1 is 0.357 bits per heavy atom. The lowest BCUT2D eigenvalue weighted by molar-refractivity contribution is 0.000174. The van der Waals surface area contributed by atoms with Crippen molar-refractivity contribution in [3.63, 3.8) is 0 Å². The van der Waals surface area contributed by atoms with Gasteiger partial charge in [-0.05, 0) is 173 Å². The molecule has 0 bridgehead atoms. The van der Waals surface area contributed by atoms with Gasteiger partial charge in [-0.3, -0.25) is 0 Å². The SMILES string of the molecule is CC1=CCC(C)CC1.CC1=CCC(C)CC1.CC1=CCC(C)CC1.CC1CCC(C)CC1.CC1CCC(C)OC1.CC1CCC(C)OC1.Cc1ccc(C)cc1.[HH]. The Balaban J connectivity index is 0.000000640. The second-order valence-electron chi connectivity index (χ2n) is 20.0. The molecule has 2 saturated heterocycles. The third-order valence-electron chi connectivity index (χ3n) is 12.7. The van der Waals surface area contributed by atoms with Crippen LogP contribution in [-0.4, -0.2) is 25.4 Å². The van der Waals surface area contributed by atoms with Gasteiger partial charge >= 0.3 is 0 Å². The highest BCUT2D eigenvalue weighted by atomic mass is 16.5. The van der Waals surface area contributed by atoms with Gasteiger partial charge in [0.25, 0.3) is 0 Å². The molecule has 1 aromatic rings. The maximum absolute atomic E-state index is 5.39. The Kier molecular flexibility index (Phi) is 29.3. The molecular formula is C54H98O2. The van der Waals surface area contributed by atoms with E-state index in [0.717, 1.165) is 54.6 Å². The molecule has 2 nitrogen and oxygen atoms in total. The maximum atomic E-state index is 5.39. The van der Waals surface area contributed by atoms with Gasteiger partial charge in [0.1, 0.15) is 0 Å². The first-order valence-electron chi connectivity index (χ1n) is 23.7. The van der Waals surface area contributed by atoms with Crippen molar-refractivity contribution in [2.75, 3.05) is 13.2 Å². The quantitative estimate of drug-likeness (QED) is 0.244. The molecule has 2 aliphatic heterocycles. The van der Waals surface area contributed by atoms with Crippen LogP contribution in [0.1, 0.15) is 205 Å². The largest absolute Gasteiger partial charge is 0.378 e. The topological polar surface area (TPSA) is 18.5 Å². The third-order valence-corrected chi connectivity index (χ3v) is 12.7. The smallest absolute Gasteiger partial charge is 0.0547 e. The predicted molar refractivity (Wildman–Crippen MR) is 253 cm³/mol. The van der Waals surface area contributed by atoms with Crippen LogP contribution in [0, 0.1) is 55.3 Å². The van der Waals surface area contributed by atoms with E-state index in [9.17, 15) is 0 Å². The summed E-state index contributed by atoms with van der Waals surface area (Å²) in [6.07, 6.45) is 31.4. The standard InChI is InChI=1S/C8H16.3C8H14.C8H10.2C7H14O.H2/c5*1-7-3-5-8(2)6-4-7;2*1-6-3-4-7(2)8-5-6;/h7-8H,3-6H2,1-2H3;3*3,8H,4-6H2,1-2H3;3-6H,1-2H3;2*6-7H,3-5H2,1-2H3;1H. The Bertz CT molecular complexity index is 1010. The van der Waals surface area contributed by atoms with E-state index in [4.69, 9.17) is 9.47 Å². The summed E-state index contributed by atoms with van der Waals surface area (Å²) in [7, 11) is 0. The molecule has 7 atom stereocenters. The van der Waals surface area contributed by atoms with Crippen LogP contribution in [0.3, 0.4) is 0 Å². The van der Waals surface area contributed by atoms with Crippen LogP contribution in [0.15, 0.2) is 59.2 Å². The van der Waals surface area contributed by atoms with Gasteiger partial charge in [0.15, 0.2) is 0 Å². The minimum Gasteiger partial charge on any atom is -0.378 e. The second kappa shape index (κ2) is 31.3. The fraction of sp³-hybridized carbons (Fsp3) is 0.778. The molecule has 0 aromatic heterocycles. The maximum Gasteiger partial charge on any atom is 0.0547 e. The van der Waals surface area contributed by atoms with Gasteiger partial charge in [-0.15, -0.1) is 0 Å². The number of benzene rings is 1. The molecule has 7 unspecified atom stereocenters. The summed E-state index contributed by atoms with van der Waals surface area (Å²) < 4.78 is 10.8. The molecule has 6 aliphatic rings. The number of aryl methyl sites for hydroxylation is 2. The zero-order chi connectivity index (χ0) is 41.9. The highest BCUT2D eigenvalue weighted by molar-refractivity contribution is 5.19. The van der Waals surface area contributed by atoms with Gasteiger partial charge in [-0.25, -0.2) is 0 Å². The van der Waals surface area contributed by atoms with Crippen LogP contribution in [0.25, 0.3) is 0 Å². The highest BCUT2D eigenvalue weighted by Crippen LogP contribution is 2.27. The molecule has 326 valence electrons. The van der Waals surface area contributed by atoms with Gasteiger partial charge < -0.3 is 9.47 Å². The minimum absolute atomic E-state index is 0. The third kappa shape index (κ3) is 29.6. The molecule has 1 aromatic carbocycles. The van der Waals surface area contributed by atoms with Crippen molar-refractivity contribution in [2.24, 2.45) is 41.4 Å². The first-order valence-corrected chi connectivity index (χ1v) is 23.7. The average Bonchev–Trinajstić information content (AvgIpc) is 3.18. The van der Waals surface area contributed by atoms with Crippen molar-refractivity contribution in [3.8, 4) is 0 Å². The molecule has 0 N–H and O–H groups in total. The van der Waals surface area contributed by atoms with Gasteiger partial charge in [-0.2, -0.15) is 0 Å². The van der Waals surface area contributed by atoms with Gasteiger partial charge in [-0.1, -0.05) is 144 Å². The van der Waals surface area contributed by atoms with E-state index in [1.807, 2.05) is 0 Å². The van der Waals surface area contributed by atoms with Crippen LogP contribution in [0.4, 0.5) is 0 Å². The van der Waals surface area contributed by atoms with E-state index in [2.05, 4.69) is 139 Å². The first kappa shape index (κ1) is 52.4. The normalized spacial score (nSPS) is 31.1. The van der Waals surface area contributed by atoms with Crippen molar-refractivity contribution < 1.29 is 10.9 Å². The second-order valence-corrected chi connectivity index (χ2v) is 20.0. The lowest BCUT2D eigenvalue weighted by atomic mass is 9.84. The van der Waals surface area contributed by atoms with Gasteiger partial charge in [0.2, 0.25) is 0 Å². The fourth-order valence-electron chi connectivity index (χ4n) is 7.38. The van der Waals surface area contributed by atoms with Gasteiger partial charge in [0, 0.05) is 14.6 Å². The number of rotatable bonds is 0. The predicted octanol–water partition coefficient (Wildman–Crippen LogP) is 17.3. The monoisotopic (exact) mass is 779 g/mol. The molecule has 3 fully saturated rings. The summed E-state index contributed by atoms with van der Waals surface area (Å²) in [5.74, 6) is 6.46. The van der Waals surface area contributed by atoms with E-state index in [-0.39, 0.29) is 1.43 Å². The zero-order valence-corrected chi connectivity index (χ0v) is 40.0. The number of hydrogen-bond acceptors (Lipinski definition) is 2. The molecule has 2 heterocycles. The van der Waals surface area contributed by atoms with Crippen molar-refractivity contribution in [1.29, 1.82) is 0 Å². The molecule has 1 saturated carbocycles. The van der Waals surface area contributed by atoms with Crippen molar-refractivity contribution in [1.82, 2.24) is 0 Å². The molecule has 0 spiro atoms. The summed E-state index contributed by atoms with van der Waals surface area (Å²) >= 11 is 0. The molecular weight excluding hydrogens is 681 g/mol. The van der Waals surface area contributed by atoms with Crippen LogP contribution in [0.5, 0.6) is 0 Å². The van der Waals surface area contributed by atoms with Crippen LogP contribution in [0.2, 0.25) is 0 Å². The zero-order valence-electron chi connectivity index (χ0n) is 40.0. The molecule has 7 rings (SSSR count). The van der Waals surface area contributed by atoms with E-state index in [1.54, 1.807) is 16.7 Å². The number of allylic oxidation sites excluding steroid dienone is 6. The molecule has 4 aliphatic carbocycles. The fourth-order valence-corrected chi connectivity index (χ4v) is 7.38. The summed E-state index contributed by atoms with van der Waals surface area (Å²) in [4.78, 5) is 0. The van der Waals surface area contributed by atoms with E-state index in [1.165, 1.54) is 120 Å². The summed E-state index contributed by atoms with van der Waals surface area (Å²) in [6, 6.07) is 8.48. The average molecular weight is 779 g/mol. The Morgan fingerprint density at radius 3 is 0.804 bits per heavy atom. The lowest BCUT2D eigenvalue weighted by Gasteiger charge is -2.23. The first-order chi connectivity index (χ1) is 26.5. The summed E-state index contributed by atoms with van der Waals surface area (Å²) in [6.45, 7) is 33.3. The van der Waals surface area contributed by atoms with Crippen LogP contribution < -0.4 is 0 Å².